The molecule has 1 aromatic carbocycles. The lowest BCUT2D eigenvalue weighted by Gasteiger charge is -2.39. The maximum absolute atomic E-state index is 13.1. The van der Waals surface area contributed by atoms with E-state index in [1.165, 1.54) is 0 Å². The summed E-state index contributed by atoms with van der Waals surface area (Å²) < 4.78 is 5.21. The minimum atomic E-state index is -0.843. The Hall–Kier alpha value is -1.21. The number of ether oxygens (including phenoxy) is 1. The Morgan fingerprint density at radius 2 is 1.79 bits per heavy atom. The third-order valence-corrected chi connectivity index (χ3v) is 5.64. The SMILES string of the molecule is COc1ccc(NC2(C(=O)NCC3(O)CCCNC3)CCCCC2)cc1.Cl.Cl. The highest BCUT2D eigenvalue weighted by Gasteiger charge is 2.40. The summed E-state index contributed by atoms with van der Waals surface area (Å²) in [5.74, 6) is 0.789. The number of β-amino-alcohol motifs (C(OH)–C–C–N with tert-alkyl or cyclic N) is 1. The Morgan fingerprint density at radius 3 is 2.36 bits per heavy atom. The predicted octanol–water partition coefficient (Wildman–Crippen LogP) is 2.88. The van der Waals surface area contributed by atoms with Gasteiger partial charge >= 0.3 is 0 Å². The van der Waals surface area contributed by atoms with E-state index in [0.717, 1.165) is 62.9 Å². The number of amides is 1. The molecule has 6 nitrogen and oxygen atoms in total. The van der Waals surface area contributed by atoms with Crippen LogP contribution in [0.1, 0.15) is 44.9 Å². The highest BCUT2D eigenvalue weighted by atomic mass is 35.5. The van der Waals surface area contributed by atoms with E-state index in [1.807, 2.05) is 24.3 Å². The zero-order valence-electron chi connectivity index (χ0n) is 16.5. The Labute approximate surface area is 180 Å². The molecule has 28 heavy (non-hydrogen) atoms. The van der Waals surface area contributed by atoms with Gasteiger partial charge in [0.1, 0.15) is 11.3 Å². The Kier molecular flexibility index (Phi) is 9.84. The summed E-state index contributed by atoms with van der Waals surface area (Å²) in [7, 11) is 1.64. The molecule has 2 aliphatic rings. The Balaban J connectivity index is 0.00000196. The molecule has 1 saturated heterocycles. The first-order valence-corrected chi connectivity index (χ1v) is 9.69. The molecule has 2 fully saturated rings. The summed E-state index contributed by atoms with van der Waals surface area (Å²) in [6.07, 6.45) is 6.49. The van der Waals surface area contributed by atoms with Crippen LogP contribution in [-0.4, -0.2) is 48.9 Å². The van der Waals surface area contributed by atoms with Crippen molar-refractivity contribution >= 4 is 36.4 Å². The van der Waals surface area contributed by atoms with E-state index in [4.69, 9.17) is 4.74 Å². The Bertz CT molecular complexity index is 601. The first-order valence-electron chi connectivity index (χ1n) is 9.69. The van der Waals surface area contributed by atoms with Gasteiger partial charge in [0, 0.05) is 18.8 Å². The molecule has 1 atom stereocenters. The van der Waals surface area contributed by atoms with Gasteiger partial charge in [0.15, 0.2) is 0 Å². The summed E-state index contributed by atoms with van der Waals surface area (Å²) in [6.45, 7) is 1.76. The van der Waals surface area contributed by atoms with Crippen LogP contribution in [0.3, 0.4) is 0 Å². The highest BCUT2D eigenvalue weighted by Crippen LogP contribution is 2.33. The molecule has 1 saturated carbocycles. The number of aliphatic hydroxyl groups is 1. The van der Waals surface area contributed by atoms with Crippen LogP contribution in [0.5, 0.6) is 5.75 Å². The standard InChI is InChI=1S/C20H31N3O3.2ClH/c1-26-17-8-6-16(7-9-17)23-20(11-3-2-4-12-20)18(24)22-15-19(25)10-5-13-21-14-19;;/h6-9,21,23,25H,2-5,10-15H2,1H3,(H,22,24);2*1H. The Morgan fingerprint density at radius 1 is 1.11 bits per heavy atom. The fourth-order valence-electron chi connectivity index (χ4n) is 4.03. The topological polar surface area (TPSA) is 82.6 Å². The first kappa shape index (κ1) is 24.8. The molecular formula is C20H33Cl2N3O3. The summed E-state index contributed by atoms with van der Waals surface area (Å²) in [4.78, 5) is 13.1. The average Bonchev–Trinajstić information content (AvgIpc) is 2.68. The van der Waals surface area contributed by atoms with Gasteiger partial charge < -0.3 is 25.8 Å². The van der Waals surface area contributed by atoms with Crippen LogP contribution in [0.25, 0.3) is 0 Å². The number of benzene rings is 1. The quantitative estimate of drug-likeness (QED) is 0.554. The van der Waals surface area contributed by atoms with Crippen molar-refractivity contribution in [1.82, 2.24) is 10.6 Å². The summed E-state index contributed by atoms with van der Waals surface area (Å²) in [5.41, 5.74) is -0.532. The van der Waals surface area contributed by atoms with Crippen LogP contribution in [0.15, 0.2) is 24.3 Å². The number of piperidine rings is 1. The maximum atomic E-state index is 13.1. The van der Waals surface area contributed by atoms with E-state index in [2.05, 4.69) is 16.0 Å². The van der Waals surface area contributed by atoms with Crippen molar-refractivity contribution in [3.63, 3.8) is 0 Å². The molecule has 1 unspecified atom stereocenters. The number of rotatable bonds is 6. The molecular weight excluding hydrogens is 401 g/mol. The lowest BCUT2D eigenvalue weighted by Crippen LogP contribution is -2.59. The summed E-state index contributed by atoms with van der Waals surface area (Å²) >= 11 is 0. The number of hydrogen-bond acceptors (Lipinski definition) is 5. The molecule has 3 rings (SSSR count). The van der Waals surface area contributed by atoms with Gasteiger partial charge in [-0.1, -0.05) is 19.3 Å². The van der Waals surface area contributed by atoms with Crippen LogP contribution in [0.4, 0.5) is 5.69 Å². The molecule has 1 amide bonds. The van der Waals surface area contributed by atoms with Crippen molar-refractivity contribution in [1.29, 1.82) is 0 Å². The molecule has 0 radical (unpaired) electrons. The number of carbonyl (C=O) groups is 1. The maximum Gasteiger partial charge on any atom is 0.245 e. The van der Waals surface area contributed by atoms with Crippen LogP contribution >= 0.6 is 24.8 Å². The summed E-state index contributed by atoms with van der Waals surface area (Å²) in [6, 6.07) is 7.68. The van der Waals surface area contributed by atoms with Gasteiger partial charge in [-0.15, -0.1) is 24.8 Å². The van der Waals surface area contributed by atoms with Crippen molar-refractivity contribution in [3.8, 4) is 5.75 Å². The van der Waals surface area contributed by atoms with E-state index < -0.39 is 11.1 Å². The third-order valence-electron chi connectivity index (χ3n) is 5.64. The largest absolute Gasteiger partial charge is 0.497 e. The zero-order chi connectivity index (χ0) is 18.5. The monoisotopic (exact) mass is 433 g/mol. The molecule has 0 aromatic heterocycles. The number of methoxy groups -OCH3 is 1. The molecule has 1 aliphatic heterocycles. The van der Waals surface area contributed by atoms with E-state index in [0.29, 0.717) is 13.1 Å². The lowest BCUT2D eigenvalue weighted by atomic mass is 9.80. The highest BCUT2D eigenvalue weighted by molar-refractivity contribution is 5.89. The molecule has 1 aromatic rings. The fourth-order valence-corrected chi connectivity index (χ4v) is 4.03. The minimum absolute atomic E-state index is 0. The molecule has 0 bridgehead atoms. The number of nitrogens with one attached hydrogen (secondary N) is 3. The molecule has 4 N–H and O–H groups in total. The van der Waals surface area contributed by atoms with E-state index in [1.54, 1.807) is 7.11 Å². The van der Waals surface area contributed by atoms with Crippen LogP contribution in [0, 0.1) is 0 Å². The second-order valence-corrected chi connectivity index (χ2v) is 7.68. The number of hydrogen-bond donors (Lipinski definition) is 4. The molecule has 1 aliphatic carbocycles. The van der Waals surface area contributed by atoms with E-state index in [-0.39, 0.29) is 30.7 Å². The van der Waals surface area contributed by atoms with E-state index >= 15 is 0 Å². The molecule has 0 spiro atoms. The summed E-state index contributed by atoms with van der Waals surface area (Å²) in [5, 5.41) is 20.4. The second kappa shape index (κ2) is 11.1. The van der Waals surface area contributed by atoms with Gasteiger partial charge in [-0.2, -0.15) is 0 Å². The third kappa shape index (κ3) is 6.14. The smallest absolute Gasteiger partial charge is 0.245 e. The number of halogens is 2. The number of carbonyl (C=O) groups excluding carboxylic acids is 1. The van der Waals surface area contributed by atoms with Crippen molar-refractivity contribution in [3.05, 3.63) is 24.3 Å². The van der Waals surface area contributed by atoms with Gasteiger partial charge in [0.2, 0.25) is 5.91 Å². The van der Waals surface area contributed by atoms with Gasteiger partial charge in [0.25, 0.3) is 0 Å². The van der Waals surface area contributed by atoms with Crippen LogP contribution in [-0.2, 0) is 4.79 Å². The molecule has 160 valence electrons. The number of anilines is 1. The predicted molar refractivity (Wildman–Crippen MR) is 117 cm³/mol. The van der Waals surface area contributed by atoms with Gasteiger partial charge in [-0.05, 0) is 56.5 Å². The van der Waals surface area contributed by atoms with Gasteiger partial charge in [-0.25, -0.2) is 0 Å². The lowest BCUT2D eigenvalue weighted by molar-refractivity contribution is -0.128. The zero-order valence-corrected chi connectivity index (χ0v) is 18.1. The average molecular weight is 434 g/mol. The van der Waals surface area contributed by atoms with Crippen molar-refractivity contribution < 1.29 is 14.6 Å². The van der Waals surface area contributed by atoms with Crippen LogP contribution in [0.2, 0.25) is 0 Å². The van der Waals surface area contributed by atoms with Crippen molar-refractivity contribution in [2.24, 2.45) is 0 Å². The van der Waals surface area contributed by atoms with Crippen molar-refractivity contribution in [2.45, 2.75) is 56.1 Å². The van der Waals surface area contributed by atoms with Crippen molar-refractivity contribution in [2.75, 3.05) is 32.1 Å². The van der Waals surface area contributed by atoms with E-state index in [9.17, 15) is 9.90 Å². The molecule has 8 heteroatoms. The first-order chi connectivity index (χ1) is 12.6. The van der Waals surface area contributed by atoms with Crippen LogP contribution < -0.4 is 20.7 Å². The minimum Gasteiger partial charge on any atom is -0.497 e. The fraction of sp³-hybridized carbons (Fsp3) is 0.650. The molecule has 1 heterocycles. The van der Waals surface area contributed by atoms with Gasteiger partial charge in [0.05, 0.1) is 12.7 Å². The normalized spacial score (nSPS) is 23.5. The van der Waals surface area contributed by atoms with Gasteiger partial charge in [-0.3, -0.25) is 4.79 Å². The second-order valence-electron chi connectivity index (χ2n) is 7.68.